The number of nitrogens with two attached hydrogens (primary N) is 1. The molecule has 32 heavy (non-hydrogen) atoms. The Morgan fingerprint density at radius 1 is 1.22 bits per heavy atom. The average Bonchev–Trinajstić information content (AvgIpc) is 3.33. The third-order valence-corrected chi connectivity index (χ3v) is 8.56. The van der Waals surface area contributed by atoms with Gasteiger partial charge in [0.1, 0.15) is 17.7 Å². The highest BCUT2D eigenvalue weighted by molar-refractivity contribution is 5.81. The van der Waals surface area contributed by atoms with E-state index in [4.69, 9.17) is 10.5 Å². The fourth-order valence-electron chi connectivity index (χ4n) is 7.43. The van der Waals surface area contributed by atoms with Crippen LogP contribution in [-0.4, -0.2) is 45.6 Å². The summed E-state index contributed by atoms with van der Waals surface area (Å²) in [5, 5.41) is 0. The van der Waals surface area contributed by atoms with Crippen molar-refractivity contribution in [3.8, 4) is 0 Å². The lowest BCUT2D eigenvalue weighted by molar-refractivity contribution is -0.161. The van der Waals surface area contributed by atoms with E-state index in [1.54, 1.807) is 11.0 Å². The molecule has 4 saturated carbocycles. The van der Waals surface area contributed by atoms with Crippen LogP contribution in [0.15, 0.2) is 18.2 Å². The van der Waals surface area contributed by atoms with Crippen molar-refractivity contribution in [3.63, 3.8) is 0 Å². The number of imidazole rings is 1. The van der Waals surface area contributed by atoms with E-state index in [9.17, 15) is 14.0 Å². The highest BCUT2D eigenvalue weighted by Gasteiger charge is 2.59. The number of aryl methyl sites for hydroxylation is 1. The van der Waals surface area contributed by atoms with Crippen molar-refractivity contribution in [3.05, 3.63) is 29.8 Å². The van der Waals surface area contributed by atoms with Gasteiger partial charge in [-0.15, -0.1) is 0 Å². The molecule has 1 aromatic heterocycles. The topological polar surface area (TPSA) is 90.4 Å². The fourth-order valence-corrected chi connectivity index (χ4v) is 7.43. The molecule has 170 valence electrons. The SMILES string of the molecule is Cc1nc2cc(F)ccc2n1C1CCN(C(=O)OC2C3CC4CC2CC(C(N)=O)(C4)C3)C1. The maximum atomic E-state index is 13.6. The van der Waals surface area contributed by atoms with Gasteiger partial charge in [0.15, 0.2) is 0 Å². The van der Waals surface area contributed by atoms with E-state index in [-0.39, 0.29) is 47.2 Å². The smallest absolute Gasteiger partial charge is 0.410 e. The summed E-state index contributed by atoms with van der Waals surface area (Å²) in [5.74, 6) is 1.37. The van der Waals surface area contributed by atoms with Crippen LogP contribution in [0.4, 0.5) is 9.18 Å². The molecule has 5 fully saturated rings. The molecular weight excluding hydrogens is 411 g/mol. The first-order chi connectivity index (χ1) is 15.3. The van der Waals surface area contributed by atoms with Crippen LogP contribution in [0.5, 0.6) is 0 Å². The maximum absolute atomic E-state index is 13.6. The van der Waals surface area contributed by atoms with Gasteiger partial charge < -0.3 is 19.9 Å². The minimum absolute atomic E-state index is 0.0923. The predicted molar refractivity (Wildman–Crippen MR) is 115 cm³/mol. The normalized spacial score (nSPS) is 35.6. The molecule has 4 aliphatic carbocycles. The minimum Gasteiger partial charge on any atom is -0.446 e. The molecule has 1 aromatic carbocycles. The van der Waals surface area contributed by atoms with Gasteiger partial charge in [0.05, 0.1) is 22.5 Å². The predicted octanol–water partition coefficient (Wildman–Crippen LogP) is 3.55. The Morgan fingerprint density at radius 2 is 1.97 bits per heavy atom. The summed E-state index contributed by atoms with van der Waals surface area (Å²) in [6.45, 7) is 3.10. The van der Waals surface area contributed by atoms with E-state index < -0.39 is 0 Å². The molecule has 0 radical (unpaired) electrons. The third-order valence-electron chi connectivity index (χ3n) is 8.56. The van der Waals surface area contributed by atoms with E-state index in [2.05, 4.69) is 9.55 Å². The zero-order valence-corrected chi connectivity index (χ0v) is 18.3. The van der Waals surface area contributed by atoms with Crippen molar-refractivity contribution in [1.82, 2.24) is 14.5 Å². The van der Waals surface area contributed by atoms with Crippen LogP contribution in [0, 0.1) is 35.9 Å². The van der Waals surface area contributed by atoms with Crippen molar-refractivity contribution in [1.29, 1.82) is 0 Å². The number of likely N-dealkylation sites (tertiary alicyclic amines) is 1. The second-order valence-electron chi connectivity index (χ2n) is 10.5. The average molecular weight is 441 g/mol. The van der Waals surface area contributed by atoms with Gasteiger partial charge in [-0.05, 0) is 75.3 Å². The van der Waals surface area contributed by atoms with Crippen LogP contribution in [0.25, 0.3) is 11.0 Å². The van der Waals surface area contributed by atoms with Gasteiger partial charge in [-0.2, -0.15) is 0 Å². The summed E-state index contributed by atoms with van der Waals surface area (Å²) in [6.07, 6.45) is 4.93. The number of rotatable bonds is 3. The molecule has 2 aromatic rings. The standard InChI is InChI=1S/C24H29FN4O3/c1-13-27-19-8-17(25)2-3-20(19)29(13)18-4-5-28(12-18)23(31)32-21-15-6-14-7-16(21)11-24(9-14,10-15)22(26)30/h2-3,8,14-16,18,21H,4-7,9-12H2,1H3,(H2,26,30). The number of halogens is 1. The molecule has 4 bridgehead atoms. The number of nitrogens with zero attached hydrogens (tertiary/aromatic N) is 3. The Bertz CT molecular complexity index is 1100. The number of primary amides is 1. The first-order valence-electron chi connectivity index (χ1n) is 11.7. The monoisotopic (exact) mass is 440 g/mol. The summed E-state index contributed by atoms with van der Waals surface area (Å²) in [6, 6.07) is 4.75. The van der Waals surface area contributed by atoms with Crippen LogP contribution in [-0.2, 0) is 9.53 Å². The van der Waals surface area contributed by atoms with Crippen LogP contribution < -0.4 is 5.73 Å². The molecule has 2 amide bonds. The van der Waals surface area contributed by atoms with Gasteiger partial charge in [0, 0.05) is 19.2 Å². The molecular formula is C24H29FN4O3. The summed E-state index contributed by atoms with van der Waals surface area (Å²) >= 11 is 0. The lowest BCUT2D eigenvalue weighted by Gasteiger charge is -2.58. The Morgan fingerprint density at radius 3 is 2.69 bits per heavy atom. The number of benzene rings is 1. The lowest BCUT2D eigenvalue weighted by Crippen LogP contribution is -2.59. The second kappa shape index (κ2) is 6.93. The van der Waals surface area contributed by atoms with Gasteiger partial charge in [-0.25, -0.2) is 14.2 Å². The van der Waals surface area contributed by atoms with Gasteiger partial charge in [0.2, 0.25) is 5.91 Å². The number of ether oxygens (including phenoxy) is 1. The van der Waals surface area contributed by atoms with E-state index in [1.807, 2.05) is 6.92 Å². The summed E-state index contributed by atoms with van der Waals surface area (Å²) in [7, 11) is 0. The number of carbonyl (C=O) groups excluding carboxylic acids is 2. The van der Waals surface area contributed by atoms with Crippen LogP contribution in [0.1, 0.15) is 50.4 Å². The molecule has 7 nitrogen and oxygen atoms in total. The van der Waals surface area contributed by atoms with Crippen molar-refractivity contribution < 1.29 is 18.7 Å². The molecule has 3 atom stereocenters. The number of hydrogen-bond donors (Lipinski definition) is 1. The molecule has 1 saturated heterocycles. The molecule has 1 aliphatic heterocycles. The fraction of sp³-hybridized carbons (Fsp3) is 0.625. The first kappa shape index (κ1) is 20.0. The molecule has 0 spiro atoms. The van der Waals surface area contributed by atoms with Gasteiger partial charge in [0.25, 0.3) is 0 Å². The molecule has 7 rings (SSSR count). The van der Waals surface area contributed by atoms with E-state index in [0.29, 0.717) is 24.5 Å². The second-order valence-corrected chi connectivity index (χ2v) is 10.5. The number of fused-ring (bicyclic) bond motifs is 1. The Kier molecular flexibility index (Phi) is 4.33. The Hall–Kier alpha value is -2.64. The zero-order valence-electron chi connectivity index (χ0n) is 18.3. The minimum atomic E-state index is -0.377. The summed E-state index contributed by atoms with van der Waals surface area (Å²) < 4.78 is 21.8. The quantitative estimate of drug-likeness (QED) is 0.790. The highest BCUT2D eigenvalue weighted by Crippen LogP contribution is 2.60. The van der Waals surface area contributed by atoms with Gasteiger partial charge >= 0.3 is 6.09 Å². The Balaban J connectivity index is 1.16. The zero-order chi connectivity index (χ0) is 22.2. The first-order valence-corrected chi connectivity index (χ1v) is 11.7. The van der Waals surface area contributed by atoms with Gasteiger partial charge in [-0.1, -0.05) is 0 Å². The van der Waals surface area contributed by atoms with Crippen molar-refractivity contribution in [2.45, 2.75) is 57.6 Å². The van der Waals surface area contributed by atoms with Crippen molar-refractivity contribution in [2.75, 3.05) is 13.1 Å². The highest BCUT2D eigenvalue weighted by atomic mass is 19.1. The molecule has 2 heterocycles. The molecule has 3 unspecified atom stereocenters. The van der Waals surface area contributed by atoms with Gasteiger partial charge in [-0.3, -0.25) is 4.79 Å². The molecule has 8 heteroatoms. The van der Waals surface area contributed by atoms with Crippen LogP contribution >= 0.6 is 0 Å². The van der Waals surface area contributed by atoms with E-state index in [0.717, 1.165) is 49.9 Å². The van der Waals surface area contributed by atoms with E-state index in [1.165, 1.54) is 12.1 Å². The number of amides is 2. The number of hydrogen-bond acceptors (Lipinski definition) is 4. The largest absolute Gasteiger partial charge is 0.446 e. The number of aromatic nitrogens is 2. The maximum Gasteiger partial charge on any atom is 0.410 e. The molecule has 2 N–H and O–H groups in total. The lowest BCUT2D eigenvalue weighted by atomic mass is 9.48. The number of carbonyl (C=O) groups is 2. The van der Waals surface area contributed by atoms with Crippen LogP contribution in [0.3, 0.4) is 0 Å². The summed E-state index contributed by atoms with van der Waals surface area (Å²) in [5.41, 5.74) is 6.93. The molecule has 5 aliphatic rings. The Labute approximate surface area is 186 Å². The van der Waals surface area contributed by atoms with Crippen LogP contribution in [0.2, 0.25) is 0 Å². The summed E-state index contributed by atoms with van der Waals surface area (Å²) in [4.78, 5) is 31.5. The van der Waals surface area contributed by atoms with Crippen molar-refractivity contribution >= 4 is 23.0 Å². The third kappa shape index (κ3) is 2.94. The van der Waals surface area contributed by atoms with Crippen molar-refractivity contribution in [2.24, 2.45) is 28.9 Å². The van der Waals surface area contributed by atoms with E-state index >= 15 is 0 Å².